The van der Waals surface area contributed by atoms with Crippen LogP contribution in [-0.4, -0.2) is 29.0 Å². The molecule has 0 fully saturated rings. The zero-order valence-electron chi connectivity index (χ0n) is 13.5. The van der Waals surface area contributed by atoms with Gasteiger partial charge >= 0.3 is 0 Å². The molecule has 1 aromatic heterocycles. The average Bonchev–Trinajstić information content (AvgIpc) is 3.04. The molecule has 0 bridgehead atoms. The van der Waals surface area contributed by atoms with Crippen LogP contribution < -0.4 is 4.74 Å². The van der Waals surface area contributed by atoms with Crippen LogP contribution in [0, 0.1) is 0 Å². The lowest BCUT2D eigenvalue weighted by molar-refractivity contribution is 0.0816. The Morgan fingerprint density at radius 1 is 1.04 bits per heavy atom. The monoisotopic (exact) mass is 313 g/mol. The van der Waals surface area contributed by atoms with Crippen LogP contribution >= 0.6 is 0 Å². The summed E-state index contributed by atoms with van der Waals surface area (Å²) in [5.74, 6) is -0.792. The third-order valence-corrected chi connectivity index (χ3v) is 3.64. The molecular weight excluding hydrogens is 294 g/mol. The van der Waals surface area contributed by atoms with Crippen LogP contribution in [0.1, 0.15) is 51.5 Å². The number of carbonyl (C=O) groups excluding carboxylic acids is 3. The van der Waals surface area contributed by atoms with Crippen LogP contribution in [0.5, 0.6) is 5.75 Å². The first-order valence-corrected chi connectivity index (χ1v) is 7.48. The van der Waals surface area contributed by atoms with Crippen molar-refractivity contribution in [3.63, 3.8) is 0 Å². The Labute approximate surface area is 134 Å². The summed E-state index contributed by atoms with van der Waals surface area (Å²) in [5, 5.41) is 0. The molecule has 2 rings (SSSR count). The maximum absolute atomic E-state index is 12.4. The molecule has 0 aliphatic carbocycles. The van der Waals surface area contributed by atoms with Crippen LogP contribution in [0.15, 0.2) is 36.5 Å². The molecule has 1 aromatic carbocycles. The summed E-state index contributed by atoms with van der Waals surface area (Å²) >= 11 is 0. The SMILES string of the molecule is CCC(=O)c1cc(C(=O)C(=O)c2cccc(OC)c2)cn1CC. The summed E-state index contributed by atoms with van der Waals surface area (Å²) < 4.78 is 6.76. The highest BCUT2D eigenvalue weighted by molar-refractivity contribution is 6.49. The molecule has 0 saturated carbocycles. The van der Waals surface area contributed by atoms with Gasteiger partial charge in [-0.25, -0.2) is 0 Å². The molecule has 0 aliphatic rings. The second-order valence-electron chi connectivity index (χ2n) is 5.07. The maximum Gasteiger partial charge on any atom is 0.235 e. The van der Waals surface area contributed by atoms with E-state index in [4.69, 9.17) is 4.74 Å². The third kappa shape index (κ3) is 3.39. The highest BCUT2D eigenvalue weighted by atomic mass is 16.5. The largest absolute Gasteiger partial charge is 0.497 e. The van der Waals surface area contributed by atoms with Crippen LogP contribution in [0.2, 0.25) is 0 Å². The lowest BCUT2D eigenvalue weighted by atomic mass is 10.0. The molecule has 0 atom stereocenters. The Kier molecular flexibility index (Phi) is 5.11. The first-order chi connectivity index (χ1) is 11.0. The van der Waals surface area contributed by atoms with Crippen molar-refractivity contribution >= 4 is 17.3 Å². The first-order valence-electron chi connectivity index (χ1n) is 7.48. The van der Waals surface area contributed by atoms with E-state index >= 15 is 0 Å². The predicted octanol–water partition coefficient (Wildman–Crippen LogP) is 3.17. The van der Waals surface area contributed by atoms with E-state index < -0.39 is 11.6 Å². The van der Waals surface area contributed by atoms with Gasteiger partial charge < -0.3 is 9.30 Å². The van der Waals surface area contributed by atoms with E-state index in [0.29, 0.717) is 24.4 Å². The van der Waals surface area contributed by atoms with Gasteiger partial charge in [0.25, 0.3) is 0 Å². The summed E-state index contributed by atoms with van der Waals surface area (Å²) in [6, 6.07) is 7.94. The number of aryl methyl sites for hydroxylation is 1. The minimum absolute atomic E-state index is 0.0558. The van der Waals surface area contributed by atoms with Crippen LogP contribution in [0.25, 0.3) is 0 Å². The van der Waals surface area contributed by atoms with Gasteiger partial charge in [-0.2, -0.15) is 0 Å². The van der Waals surface area contributed by atoms with E-state index in [-0.39, 0.29) is 16.9 Å². The number of hydrogen-bond acceptors (Lipinski definition) is 4. The quantitative estimate of drug-likeness (QED) is 0.582. The van der Waals surface area contributed by atoms with E-state index in [1.165, 1.54) is 19.2 Å². The number of rotatable bonds is 7. The Bertz CT molecular complexity index is 758. The zero-order valence-corrected chi connectivity index (χ0v) is 13.5. The summed E-state index contributed by atoms with van der Waals surface area (Å²) in [4.78, 5) is 36.7. The zero-order chi connectivity index (χ0) is 17.0. The van der Waals surface area contributed by atoms with Gasteiger partial charge in [-0.3, -0.25) is 14.4 Å². The molecule has 0 N–H and O–H groups in total. The van der Waals surface area contributed by atoms with Crippen molar-refractivity contribution in [2.24, 2.45) is 0 Å². The van der Waals surface area contributed by atoms with Crippen molar-refractivity contribution in [3.05, 3.63) is 53.3 Å². The van der Waals surface area contributed by atoms with E-state index in [9.17, 15) is 14.4 Å². The number of methoxy groups -OCH3 is 1. The maximum atomic E-state index is 12.4. The summed E-state index contributed by atoms with van der Waals surface area (Å²) in [6.45, 7) is 4.20. The highest BCUT2D eigenvalue weighted by Gasteiger charge is 2.22. The summed E-state index contributed by atoms with van der Waals surface area (Å²) in [5.41, 5.74) is 0.954. The van der Waals surface area contributed by atoms with E-state index in [1.807, 2.05) is 6.92 Å². The van der Waals surface area contributed by atoms with Crippen molar-refractivity contribution in [2.75, 3.05) is 7.11 Å². The van der Waals surface area contributed by atoms with Gasteiger partial charge in [0.15, 0.2) is 5.78 Å². The van der Waals surface area contributed by atoms with Gasteiger partial charge in [-0.05, 0) is 25.1 Å². The van der Waals surface area contributed by atoms with Gasteiger partial charge in [0.05, 0.1) is 12.8 Å². The van der Waals surface area contributed by atoms with Crippen LogP contribution in [-0.2, 0) is 6.54 Å². The predicted molar refractivity (Wildman–Crippen MR) is 86.4 cm³/mol. The number of hydrogen-bond donors (Lipinski definition) is 0. The smallest absolute Gasteiger partial charge is 0.235 e. The molecule has 23 heavy (non-hydrogen) atoms. The van der Waals surface area contributed by atoms with Crippen LogP contribution in [0.3, 0.4) is 0 Å². The molecule has 1 heterocycles. The second-order valence-corrected chi connectivity index (χ2v) is 5.07. The van der Waals surface area contributed by atoms with Crippen molar-refractivity contribution < 1.29 is 19.1 Å². The summed E-state index contributed by atoms with van der Waals surface area (Å²) in [6.07, 6.45) is 1.91. The van der Waals surface area contributed by atoms with Gasteiger partial charge in [0, 0.05) is 30.3 Å². The number of benzene rings is 1. The molecule has 0 saturated heterocycles. The third-order valence-electron chi connectivity index (χ3n) is 3.64. The number of ketones is 3. The van der Waals surface area contributed by atoms with Crippen molar-refractivity contribution in [2.45, 2.75) is 26.8 Å². The van der Waals surface area contributed by atoms with Gasteiger partial charge in [0.2, 0.25) is 11.6 Å². The Balaban J connectivity index is 2.34. The fourth-order valence-corrected chi connectivity index (χ4v) is 2.34. The van der Waals surface area contributed by atoms with Crippen molar-refractivity contribution in [1.82, 2.24) is 4.57 Å². The molecule has 0 radical (unpaired) electrons. The molecule has 0 unspecified atom stereocenters. The van der Waals surface area contributed by atoms with Crippen molar-refractivity contribution in [1.29, 1.82) is 0 Å². The fraction of sp³-hybridized carbons (Fsp3) is 0.278. The lowest BCUT2D eigenvalue weighted by Gasteiger charge is -2.02. The molecule has 0 spiro atoms. The summed E-state index contributed by atoms with van der Waals surface area (Å²) in [7, 11) is 1.50. The molecule has 0 aliphatic heterocycles. The Morgan fingerprint density at radius 2 is 1.74 bits per heavy atom. The standard InChI is InChI=1S/C18H19NO4/c1-4-16(20)15-10-13(11-19(15)5-2)18(22)17(21)12-7-6-8-14(9-12)23-3/h6-11H,4-5H2,1-3H3. The van der Waals surface area contributed by atoms with Crippen molar-refractivity contribution in [3.8, 4) is 5.75 Å². The topological polar surface area (TPSA) is 65.4 Å². The number of nitrogens with zero attached hydrogens (tertiary/aromatic N) is 1. The van der Waals surface area contributed by atoms with Crippen LogP contribution in [0.4, 0.5) is 0 Å². The van der Waals surface area contributed by atoms with E-state index in [0.717, 1.165) is 0 Å². The Morgan fingerprint density at radius 3 is 2.35 bits per heavy atom. The molecule has 0 amide bonds. The van der Waals surface area contributed by atoms with Gasteiger partial charge in [-0.15, -0.1) is 0 Å². The average molecular weight is 313 g/mol. The molecule has 5 heteroatoms. The second kappa shape index (κ2) is 7.05. The molecule has 2 aromatic rings. The molecule has 120 valence electrons. The number of carbonyl (C=O) groups is 3. The van der Waals surface area contributed by atoms with Gasteiger partial charge in [0.1, 0.15) is 5.75 Å². The number of aromatic nitrogens is 1. The highest BCUT2D eigenvalue weighted by Crippen LogP contribution is 2.17. The van der Waals surface area contributed by atoms with E-state index in [2.05, 4.69) is 0 Å². The van der Waals surface area contributed by atoms with E-state index in [1.54, 1.807) is 35.9 Å². The minimum Gasteiger partial charge on any atom is -0.497 e. The number of ether oxygens (including phenoxy) is 1. The number of Topliss-reactive ketones (excluding diaryl/α,β-unsaturated/α-hetero) is 3. The normalized spacial score (nSPS) is 10.4. The fourth-order valence-electron chi connectivity index (χ4n) is 2.34. The van der Waals surface area contributed by atoms with Gasteiger partial charge in [-0.1, -0.05) is 19.1 Å². The molecule has 5 nitrogen and oxygen atoms in total. The minimum atomic E-state index is -0.629. The Hall–Kier alpha value is -2.69. The molecular formula is C18H19NO4. The first kappa shape index (κ1) is 16.7. The lowest BCUT2D eigenvalue weighted by Crippen LogP contribution is -2.14.